The van der Waals surface area contributed by atoms with Gasteiger partial charge < -0.3 is 24.8 Å². The smallest absolute Gasteiger partial charge is 0.407 e. The van der Waals surface area contributed by atoms with Crippen LogP contribution in [0.2, 0.25) is 0 Å². The molecule has 32 heavy (non-hydrogen) atoms. The second-order valence-electron chi connectivity index (χ2n) is 7.82. The minimum Gasteiger partial charge on any atom is -0.447 e. The average molecular weight is 470 g/mol. The Kier molecular flexibility index (Phi) is 10.7. The molecule has 1 aliphatic rings. The molecule has 2 unspecified atom stereocenters. The summed E-state index contributed by atoms with van der Waals surface area (Å²) in [6.45, 7) is 4.99. The molecule has 0 fully saturated rings. The van der Waals surface area contributed by atoms with Crippen LogP contribution in [0, 0.1) is 11.8 Å². The number of methoxy groups -OCH3 is 1. The molecule has 1 aliphatic heterocycles. The van der Waals surface area contributed by atoms with E-state index in [1.54, 1.807) is 27.2 Å². The van der Waals surface area contributed by atoms with Gasteiger partial charge in [0.05, 0.1) is 25.9 Å². The monoisotopic (exact) mass is 469 g/mol. The van der Waals surface area contributed by atoms with Crippen LogP contribution in [0.4, 0.5) is 4.79 Å². The van der Waals surface area contributed by atoms with Crippen molar-refractivity contribution in [2.75, 3.05) is 40.1 Å². The van der Waals surface area contributed by atoms with Crippen molar-refractivity contribution in [3.05, 3.63) is 16.6 Å². The maximum absolute atomic E-state index is 13.0. The van der Waals surface area contributed by atoms with Gasteiger partial charge in [-0.3, -0.25) is 14.4 Å². The van der Waals surface area contributed by atoms with Crippen molar-refractivity contribution in [3.63, 3.8) is 0 Å². The normalized spacial score (nSPS) is 17.6. The zero-order valence-corrected chi connectivity index (χ0v) is 19.5. The molecule has 2 rings (SSSR count). The van der Waals surface area contributed by atoms with Crippen LogP contribution in [0.15, 0.2) is 6.20 Å². The molecular weight excluding hydrogens is 438 g/mol. The molecule has 10 nitrogen and oxygen atoms in total. The quantitative estimate of drug-likeness (QED) is 0.361. The minimum atomic E-state index is -0.846. The summed E-state index contributed by atoms with van der Waals surface area (Å²) in [5.41, 5.74) is 0.970. The van der Waals surface area contributed by atoms with E-state index in [0.717, 1.165) is 10.4 Å². The Balaban J connectivity index is 1.97. The third kappa shape index (κ3) is 7.95. The van der Waals surface area contributed by atoms with Crippen LogP contribution >= 0.6 is 11.5 Å². The number of ketones is 2. The summed E-state index contributed by atoms with van der Waals surface area (Å²) in [6, 6.07) is -0.846. The molecule has 2 amide bonds. The standard InChI is InChI=1S/C21H31N3O7S/c1-13(2)18(24-21(28)31-9-8-30-7-6-29-3)16(25)10-15-11-17-14(12-23-32-17)4-5-22-20(27)19(15)26/h12-13,15,18H,4-11H2,1-3H3,(H,22,27)(H,24,28). The highest BCUT2D eigenvalue weighted by Crippen LogP contribution is 2.23. The Morgan fingerprint density at radius 3 is 2.72 bits per heavy atom. The Hall–Kier alpha value is -2.37. The molecular formula is C21H31N3O7S. The van der Waals surface area contributed by atoms with Crippen molar-refractivity contribution in [1.29, 1.82) is 0 Å². The predicted molar refractivity (Wildman–Crippen MR) is 116 cm³/mol. The number of carbonyl (C=O) groups excluding carboxylic acids is 4. The van der Waals surface area contributed by atoms with Crippen molar-refractivity contribution < 1.29 is 33.4 Å². The van der Waals surface area contributed by atoms with Crippen molar-refractivity contribution in [1.82, 2.24) is 15.0 Å². The minimum absolute atomic E-state index is 0.0317. The number of hydrogen-bond donors (Lipinski definition) is 2. The first kappa shape index (κ1) is 25.9. The molecule has 0 saturated heterocycles. The fourth-order valence-electron chi connectivity index (χ4n) is 3.32. The van der Waals surface area contributed by atoms with Gasteiger partial charge in [0.25, 0.3) is 5.91 Å². The Morgan fingerprint density at radius 2 is 2.00 bits per heavy atom. The number of fused-ring (bicyclic) bond motifs is 1. The topological polar surface area (TPSA) is 133 Å². The van der Waals surface area contributed by atoms with E-state index < -0.39 is 29.7 Å². The second-order valence-corrected chi connectivity index (χ2v) is 8.71. The van der Waals surface area contributed by atoms with E-state index in [-0.39, 0.29) is 37.8 Å². The lowest BCUT2D eigenvalue weighted by molar-refractivity contribution is -0.141. The van der Waals surface area contributed by atoms with Gasteiger partial charge in [-0.15, -0.1) is 0 Å². The molecule has 178 valence electrons. The van der Waals surface area contributed by atoms with Crippen LogP contribution in [0.1, 0.15) is 30.7 Å². The second kappa shape index (κ2) is 13.2. The molecule has 11 heteroatoms. The van der Waals surface area contributed by atoms with Crippen LogP contribution < -0.4 is 10.6 Å². The molecule has 0 saturated carbocycles. The summed E-state index contributed by atoms with van der Waals surface area (Å²) in [5.74, 6) is -2.68. The van der Waals surface area contributed by atoms with Gasteiger partial charge in [-0.2, -0.15) is 0 Å². The highest BCUT2D eigenvalue weighted by molar-refractivity contribution is 7.05. The van der Waals surface area contributed by atoms with E-state index in [9.17, 15) is 19.2 Å². The number of amides is 2. The van der Waals surface area contributed by atoms with Crippen molar-refractivity contribution in [2.24, 2.45) is 11.8 Å². The number of nitrogens with zero attached hydrogens (tertiary/aromatic N) is 1. The van der Waals surface area contributed by atoms with E-state index in [2.05, 4.69) is 15.0 Å². The van der Waals surface area contributed by atoms with Gasteiger partial charge in [0, 0.05) is 37.1 Å². The number of aromatic nitrogens is 1. The molecule has 0 spiro atoms. The van der Waals surface area contributed by atoms with Gasteiger partial charge >= 0.3 is 6.09 Å². The van der Waals surface area contributed by atoms with Gasteiger partial charge in [0.2, 0.25) is 5.78 Å². The van der Waals surface area contributed by atoms with Crippen molar-refractivity contribution in [3.8, 4) is 0 Å². The van der Waals surface area contributed by atoms with Gasteiger partial charge in [-0.05, 0) is 35.9 Å². The molecule has 1 aromatic heterocycles. The van der Waals surface area contributed by atoms with E-state index in [1.165, 1.54) is 11.5 Å². The molecule has 1 aromatic rings. The van der Waals surface area contributed by atoms with Crippen molar-refractivity contribution >= 4 is 35.1 Å². The lowest BCUT2D eigenvalue weighted by Gasteiger charge is -2.23. The molecule has 2 heterocycles. The summed E-state index contributed by atoms with van der Waals surface area (Å²) >= 11 is 1.27. The first-order valence-electron chi connectivity index (χ1n) is 10.6. The zero-order valence-electron chi connectivity index (χ0n) is 18.7. The number of ether oxygens (including phenoxy) is 3. The van der Waals surface area contributed by atoms with E-state index >= 15 is 0 Å². The SMILES string of the molecule is COCCOCCOC(=O)NC(C(=O)CC1Cc2sncc2CCNC(=O)C1=O)C(C)C. The number of nitrogens with one attached hydrogen (secondary N) is 2. The van der Waals surface area contributed by atoms with Crippen LogP contribution in [0.3, 0.4) is 0 Å². The molecule has 0 radical (unpaired) electrons. The maximum atomic E-state index is 13.0. The molecule has 2 atom stereocenters. The number of Topliss-reactive ketones (excluding diaryl/α,β-unsaturated/α-hetero) is 2. The number of rotatable bonds is 11. The number of alkyl carbamates (subject to hydrolysis) is 1. The van der Waals surface area contributed by atoms with Crippen LogP contribution in [0.25, 0.3) is 0 Å². The van der Waals surface area contributed by atoms with Gasteiger partial charge in [0.15, 0.2) is 5.78 Å². The average Bonchev–Trinajstić information content (AvgIpc) is 3.20. The fraction of sp³-hybridized carbons (Fsp3) is 0.667. The fourth-order valence-corrected chi connectivity index (χ4v) is 4.17. The predicted octanol–water partition coefficient (Wildman–Crippen LogP) is 0.916. The Labute approximate surface area is 191 Å². The van der Waals surface area contributed by atoms with Gasteiger partial charge in [-0.1, -0.05) is 13.8 Å². The van der Waals surface area contributed by atoms with E-state index in [1.807, 2.05) is 0 Å². The number of hydrogen-bond acceptors (Lipinski definition) is 9. The lowest BCUT2D eigenvalue weighted by atomic mass is 9.87. The van der Waals surface area contributed by atoms with Crippen molar-refractivity contribution in [2.45, 2.75) is 39.2 Å². The van der Waals surface area contributed by atoms with E-state index in [0.29, 0.717) is 26.2 Å². The highest BCUT2D eigenvalue weighted by atomic mass is 32.1. The largest absolute Gasteiger partial charge is 0.447 e. The summed E-state index contributed by atoms with van der Waals surface area (Å²) < 4.78 is 19.3. The van der Waals surface area contributed by atoms with Crippen LogP contribution in [0.5, 0.6) is 0 Å². The summed E-state index contributed by atoms with van der Waals surface area (Å²) in [7, 11) is 1.56. The van der Waals surface area contributed by atoms with Crippen LogP contribution in [-0.2, 0) is 41.4 Å². The van der Waals surface area contributed by atoms with Crippen LogP contribution in [-0.4, -0.2) is 74.1 Å². The summed E-state index contributed by atoms with van der Waals surface area (Å²) in [6.07, 6.45) is 1.69. The maximum Gasteiger partial charge on any atom is 0.407 e. The Bertz CT molecular complexity index is 796. The van der Waals surface area contributed by atoms with Gasteiger partial charge in [0.1, 0.15) is 6.61 Å². The lowest BCUT2D eigenvalue weighted by Crippen LogP contribution is -2.46. The van der Waals surface area contributed by atoms with E-state index in [4.69, 9.17) is 14.2 Å². The number of carbonyl (C=O) groups is 4. The molecule has 0 bridgehead atoms. The first-order valence-corrected chi connectivity index (χ1v) is 11.4. The Morgan fingerprint density at radius 1 is 1.25 bits per heavy atom. The third-order valence-electron chi connectivity index (χ3n) is 5.06. The summed E-state index contributed by atoms with van der Waals surface area (Å²) in [4.78, 5) is 50.9. The first-order chi connectivity index (χ1) is 15.3. The zero-order chi connectivity index (χ0) is 23.5. The third-order valence-corrected chi connectivity index (χ3v) is 5.92. The summed E-state index contributed by atoms with van der Waals surface area (Å²) in [5, 5.41) is 5.18. The highest BCUT2D eigenvalue weighted by Gasteiger charge is 2.33. The molecule has 0 aromatic carbocycles. The van der Waals surface area contributed by atoms with Gasteiger partial charge in [-0.25, -0.2) is 9.17 Å². The molecule has 2 N–H and O–H groups in total. The molecule has 0 aliphatic carbocycles.